The molecule has 0 bridgehead atoms. The normalized spacial score (nSPS) is 15.3. The van der Waals surface area contributed by atoms with Gasteiger partial charge in [-0.1, -0.05) is 35.5 Å². The van der Waals surface area contributed by atoms with Crippen molar-refractivity contribution < 1.29 is 9.63 Å². The highest BCUT2D eigenvalue weighted by Gasteiger charge is 2.22. The number of hydrogen-bond donors (Lipinski definition) is 1. The van der Waals surface area contributed by atoms with Crippen molar-refractivity contribution >= 4 is 0 Å². The van der Waals surface area contributed by atoms with E-state index in [0.29, 0.717) is 12.4 Å². The molecule has 118 valence electrons. The lowest BCUT2D eigenvalue weighted by molar-refractivity contribution is 0.204. The molecule has 4 rings (SSSR count). The highest BCUT2D eigenvalue weighted by molar-refractivity contribution is 5.27. The SMILES string of the molecule is OC(c1ccccc1)c1nncn1Cc1noc2c1CCCC2. The van der Waals surface area contributed by atoms with E-state index in [1.54, 1.807) is 6.33 Å². The maximum Gasteiger partial charge on any atom is 0.166 e. The number of hydrogen-bond acceptors (Lipinski definition) is 5. The van der Waals surface area contributed by atoms with Crippen LogP contribution in [0.5, 0.6) is 0 Å². The molecule has 1 N–H and O–H groups in total. The molecule has 2 heterocycles. The van der Waals surface area contributed by atoms with Gasteiger partial charge in [0.1, 0.15) is 23.9 Å². The monoisotopic (exact) mass is 310 g/mol. The van der Waals surface area contributed by atoms with E-state index in [-0.39, 0.29) is 0 Å². The van der Waals surface area contributed by atoms with Gasteiger partial charge in [-0.15, -0.1) is 10.2 Å². The van der Waals surface area contributed by atoms with Gasteiger partial charge >= 0.3 is 0 Å². The van der Waals surface area contributed by atoms with Gasteiger partial charge in [0.2, 0.25) is 0 Å². The highest BCUT2D eigenvalue weighted by Crippen LogP contribution is 2.26. The number of aliphatic hydroxyl groups is 1. The average Bonchev–Trinajstić information content (AvgIpc) is 3.23. The minimum atomic E-state index is -0.804. The van der Waals surface area contributed by atoms with Crippen LogP contribution < -0.4 is 0 Å². The summed E-state index contributed by atoms with van der Waals surface area (Å²) in [7, 11) is 0. The van der Waals surface area contributed by atoms with Crippen LogP contribution in [0.3, 0.4) is 0 Å². The van der Waals surface area contributed by atoms with E-state index in [2.05, 4.69) is 15.4 Å². The molecule has 0 radical (unpaired) electrons. The lowest BCUT2D eigenvalue weighted by atomic mass is 9.96. The number of fused-ring (bicyclic) bond motifs is 1. The van der Waals surface area contributed by atoms with Crippen LogP contribution in [0.15, 0.2) is 41.2 Å². The number of aryl methyl sites for hydroxylation is 1. The minimum Gasteiger partial charge on any atom is -0.380 e. The number of benzene rings is 1. The fraction of sp³-hybridized carbons (Fsp3) is 0.353. The minimum absolute atomic E-state index is 0.517. The van der Waals surface area contributed by atoms with Gasteiger partial charge in [0.15, 0.2) is 5.82 Å². The van der Waals surface area contributed by atoms with Gasteiger partial charge in [0, 0.05) is 12.0 Å². The standard InChI is InChI=1S/C17H18N4O2/c22-16(12-6-2-1-3-7-12)17-19-18-11-21(17)10-14-13-8-4-5-9-15(13)23-20-14/h1-3,6-7,11,16,22H,4-5,8-10H2. The van der Waals surface area contributed by atoms with Gasteiger partial charge in [-0.05, 0) is 24.8 Å². The molecule has 0 amide bonds. The zero-order valence-corrected chi connectivity index (χ0v) is 12.7. The summed E-state index contributed by atoms with van der Waals surface area (Å²) >= 11 is 0. The summed E-state index contributed by atoms with van der Waals surface area (Å²) in [6, 6.07) is 9.46. The maximum atomic E-state index is 10.6. The molecule has 3 aromatic rings. The first kappa shape index (κ1) is 14.1. The first-order valence-electron chi connectivity index (χ1n) is 7.90. The molecule has 2 aromatic heterocycles. The zero-order valence-electron chi connectivity index (χ0n) is 12.7. The Morgan fingerprint density at radius 3 is 2.87 bits per heavy atom. The summed E-state index contributed by atoms with van der Waals surface area (Å²) < 4.78 is 7.29. The highest BCUT2D eigenvalue weighted by atomic mass is 16.5. The van der Waals surface area contributed by atoms with Gasteiger partial charge in [-0.25, -0.2) is 0 Å². The van der Waals surface area contributed by atoms with Crippen LogP contribution in [0.25, 0.3) is 0 Å². The number of rotatable bonds is 4. The van der Waals surface area contributed by atoms with Crippen molar-refractivity contribution in [2.24, 2.45) is 0 Å². The molecule has 1 aromatic carbocycles. The van der Waals surface area contributed by atoms with Crippen molar-refractivity contribution in [1.29, 1.82) is 0 Å². The molecule has 0 spiro atoms. The van der Waals surface area contributed by atoms with E-state index in [9.17, 15) is 5.11 Å². The van der Waals surface area contributed by atoms with Gasteiger partial charge in [0.05, 0.1) is 6.54 Å². The van der Waals surface area contributed by atoms with Crippen LogP contribution in [0, 0.1) is 0 Å². The van der Waals surface area contributed by atoms with Crippen LogP contribution in [0.1, 0.15) is 47.4 Å². The van der Waals surface area contributed by atoms with E-state index >= 15 is 0 Å². The van der Waals surface area contributed by atoms with Crippen LogP contribution in [0.2, 0.25) is 0 Å². The molecule has 0 saturated carbocycles. The number of nitrogens with zero attached hydrogens (tertiary/aromatic N) is 4. The molecule has 1 unspecified atom stereocenters. The second kappa shape index (κ2) is 5.96. The summed E-state index contributed by atoms with van der Waals surface area (Å²) in [6.45, 7) is 0.519. The lowest BCUT2D eigenvalue weighted by Crippen LogP contribution is -2.12. The fourth-order valence-electron chi connectivity index (χ4n) is 3.12. The molecular formula is C17H18N4O2. The molecule has 6 heteroatoms. The Bertz CT molecular complexity index is 794. The molecule has 6 nitrogen and oxygen atoms in total. The van der Waals surface area contributed by atoms with Gasteiger partial charge in [-0.3, -0.25) is 0 Å². The molecule has 1 aliphatic carbocycles. The van der Waals surface area contributed by atoms with E-state index in [1.807, 2.05) is 34.9 Å². The van der Waals surface area contributed by atoms with Gasteiger partial charge in [-0.2, -0.15) is 0 Å². The van der Waals surface area contributed by atoms with Crippen LogP contribution in [0.4, 0.5) is 0 Å². The second-order valence-corrected chi connectivity index (χ2v) is 5.87. The van der Waals surface area contributed by atoms with Gasteiger partial charge in [0.25, 0.3) is 0 Å². The smallest absolute Gasteiger partial charge is 0.166 e. The van der Waals surface area contributed by atoms with Crippen LogP contribution in [-0.4, -0.2) is 25.0 Å². The average molecular weight is 310 g/mol. The Labute approximate surface area is 133 Å². The first-order valence-corrected chi connectivity index (χ1v) is 7.90. The fourth-order valence-corrected chi connectivity index (χ4v) is 3.12. The molecule has 0 saturated heterocycles. The van der Waals surface area contributed by atoms with Crippen molar-refractivity contribution in [3.05, 3.63) is 65.1 Å². The molecule has 0 aliphatic heterocycles. The summed E-state index contributed by atoms with van der Waals surface area (Å²) in [4.78, 5) is 0. The Morgan fingerprint density at radius 1 is 1.17 bits per heavy atom. The van der Waals surface area contributed by atoms with E-state index in [4.69, 9.17) is 4.52 Å². The number of aromatic nitrogens is 4. The Balaban J connectivity index is 1.62. The second-order valence-electron chi connectivity index (χ2n) is 5.87. The predicted octanol–water partition coefficient (Wildman–Crippen LogP) is 2.27. The molecule has 23 heavy (non-hydrogen) atoms. The summed E-state index contributed by atoms with van der Waals surface area (Å²) in [5, 5.41) is 22.8. The Morgan fingerprint density at radius 2 is 2.00 bits per heavy atom. The topological polar surface area (TPSA) is 77.0 Å². The Hall–Kier alpha value is -2.47. The van der Waals surface area contributed by atoms with Crippen molar-refractivity contribution in [3.63, 3.8) is 0 Å². The van der Waals surface area contributed by atoms with Crippen molar-refractivity contribution in [2.75, 3.05) is 0 Å². The molecule has 1 atom stereocenters. The summed E-state index contributed by atoms with van der Waals surface area (Å²) in [5.41, 5.74) is 2.93. The van der Waals surface area contributed by atoms with E-state index < -0.39 is 6.10 Å². The molecule has 1 aliphatic rings. The van der Waals surface area contributed by atoms with Crippen LogP contribution >= 0.6 is 0 Å². The Kier molecular flexibility index (Phi) is 3.67. The van der Waals surface area contributed by atoms with Crippen molar-refractivity contribution in [2.45, 2.75) is 38.3 Å². The van der Waals surface area contributed by atoms with Gasteiger partial charge < -0.3 is 14.2 Å². The first-order chi connectivity index (χ1) is 11.3. The maximum absolute atomic E-state index is 10.6. The van der Waals surface area contributed by atoms with E-state index in [1.165, 1.54) is 12.0 Å². The van der Waals surface area contributed by atoms with Crippen molar-refractivity contribution in [3.8, 4) is 0 Å². The number of aliphatic hydroxyl groups excluding tert-OH is 1. The molecule has 0 fully saturated rings. The van der Waals surface area contributed by atoms with Crippen LogP contribution in [-0.2, 0) is 19.4 Å². The lowest BCUT2D eigenvalue weighted by Gasteiger charge is -2.13. The summed E-state index contributed by atoms with van der Waals surface area (Å²) in [6.07, 6.45) is 5.12. The molecular weight excluding hydrogens is 292 g/mol. The van der Waals surface area contributed by atoms with E-state index in [0.717, 1.165) is 36.3 Å². The predicted molar refractivity (Wildman–Crippen MR) is 82.8 cm³/mol. The summed E-state index contributed by atoms with van der Waals surface area (Å²) in [5.74, 6) is 1.52. The van der Waals surface area contributed by atoms with Crippen molar-refractivity contribution in [1.82, 2.24) is 19.9 Å². The third kappa shape index (κ3) is 2.66. The largest absolute Gasteiger partial charge is 0.380 e. The zero-order chi connectivity index (χ0) is 15.6. The third-order valence-corrected chi connectivity index (χ3v) is 4.36. The quantitative estimate of drug-likeness (QED) is 0.800. The third-order valence-electron chi connectivity index (χ3n) is 4.36.